The predicted molar refractivity (Wildman–Crippen MR) is 160 cm³/mol. The largest absolute Gasteiger partial charge is 0.508 e. The number of aliphatic hydroxyl groups is 3. The SMILES string of the molecule is CN(Cc1ccccc1)Cc1cc(N(C)C)c2c(c1O)C(O)=C1C(=O)[C@]3(O)C(O)=C(C(N)=O)C(=O)[C@@H](N(C)C)[C@@H]3C[C@@H]1C2. The summed E-state index contributed by atoms with van der Waals surface area (Å²) in [6.07, 6.45) is 0.275. The third kappa shape index (κ3) is 4.68. The summed E-state index contributed by atoms with van der Waals surface area (Å²) in [7, 11) is 8.76. The van der Waals surface area contributed by atoms with Gasteiger partial charge in [-0.25, -0.2) is 0 Å². The first-order valence-corrected chi connectivity index (χ1v) is 14.1. The molecule has 0 saturated heterocycles. The number of anilines is 1. The van der Waals surface area contributed by atoms with Crippen molar-refractivity contribution in [2.75, 3.05) is 40.1 Å². The van der Waals surface area contributed by atoms with Crippen LogP contribution in [0.15, 0.2) is 53.3 Å². The van der Waals surface area contributed by atoms with Crippen LogP contribution in [0, 0.1) is 11.8 Å². The number of nitrogens with two attached hydrogens (primary N) is 1. The number of carbonyl (C=O) groups is 3. The van der Waals surface area contributed by atoms with Gasteiger partial charge in [0, 0.05) is 49.9 Å². The third-order valence-corrected chi connectivity index (χ3v) is 8.99. The molecule has 4 atom stereocenters. The summed E-state index contributed by atoms with van der Waals surface area (Å²) in [5, 5.41) is 46.1. The minimum atomic E-state index is -2.67. The van der Waals surface area contributed by atoms with E-state index in [1.54, 1.807) is 14.1 Å². The molecule has 1 fully saturated rings. The second-order valence-corrected chi connectivity index (χ2v) is 12.3. The van der Waals surface area contributed by atoms with Crippen LogP contribution in [0.4, 0.5) is 5.69 Å². The number of aliphatic hydroxyl groups excluding tert-OH is 2. The molecule has 0 bridgehead atoms. The second kappa shape index (κ2) is 10.8. The highest BCUT2D eigenvalue weighted by atomic mass is 16.3. The first-order valence-electron chi connectivity index (χ1n) is 14.1. The summed E-state index contributed by atoms with van der Waals surface area (Å²) < 4.78 is 0. The molecule has 3 aliphatic rings. The van der Waals surface area contributed by atoms with E-state index >= 15 is 0 Å². The molecular weight excluding hydrogens is 552 g/mol. The molecule has 6 N–H and O–H groups in total. The summed E-state index contributed by atoms with van der Waals surface area (Å²) in [5.41, 5.74) is 4.82. The molecule has 11 nitrogen and oxygen atoms in total. The van der Waals surface area contributed by atoms with Gasteiger partial charge < -0.3 is 31.1 Å². The van der Waals surface area contributed by atoms with Gasteiger partial charge in [0.2, 0.25) is 5.78 Å². The number of likely N-dealkylation sites (N-methyl/N-ethyl adjacent to an activating group) is 1. The fraction of sp³-hybridized carbons (Fsp3) is 0.406. The minimum Gasteiger partial charge on any atom is -0.508 e. The number of phenolic OH excluding ortho intramolecular Hbond substituents is 1. The summed E-state index contributed by atoms with van der Waals surface area (Å²) in [6, 6.07) is 10.6. The molecule has 3 aliphatic carbocycles. The van der Waals surface area contributed by atoms with E-state index in [2.05, 4.69) is 0 Å². The van der Waals surface area contributed by atoms with Crippen molar-refractivity contribution in [2.24, 2.45) is 17.6 Å². The zero-order chi connectivity index (χ0) is 31.5. The number of benzene rings is 2. The molecule has 11 heteroatoms. The molecule has 5 rings (SSSR count). The average molecular weight is 591 g/mol. The van der Waals surface area contributed by atoms with E-state index < -0.39 is 58.0 Å². The summed E-state index contributed by atoms with van der Waals surface area (Å²) in [6.45, 7) is 0.940. The van der Waals surface area contributed by atoms with Crippen LogP contribution in [-0.2, 0) is 33.9 Å². The number of primary amides is 1. The van der Waals surface area contributed by atoms with Crippen molar-refractivity contribution < 1.29 is 34.8 Å². The minimum absolute atomic E-state index is 0.0426. The first kappa shape index (κ1) is 30.3. The molecular formula is C32H38N4O7. The van der Waals surface area contributed by atoms with E-state index in [1.165, 1.54) is 4.90 Å². The zero-order valence-electron chi connectivity index (χ0n) is 25.0. The van der Waals surface area contributed by atoms with Gasteiger partial charge in [0.1, 0.15) is 22.8 Å². The molecule has 0 radical (unpaired) electrons. The molecule has 2 aromatic rings. The second-order valence-electron chi connectivity index (χ2n) is 12.3. The number of aromatic hydroxyl groups is 1. The van der Waals surface area contributed by atoms with Gasteiger partial charge in [-0.2, -0.15) is 0 Å². The number of fused-ring (bicyclic) bond motifs is 3. The van der Waals surface area contributed by atoms with Gasteiger partial charge in [-0.15, -0.1) is 0 Å². The van der Waals surface area contributed by atoms with Gasteiger partial charge >= 0.3 is 0 Å². The molecule has 0 heterocycles. The maximum Gasteiger partial charge on any atom is 0.255 e. The van der Waals surface area contributed by atoms with Gasteiger partial charge in [-0.1, -0.05) is 30.3 Å². The Hall–Kier alpha value is -4.19. The Morgan fingerprint density at radius 3 is 2.26 bits per heavy atom. The predicted octanol–water partition coefficient (Wildman–Crippen LogP) is 1.66. The van der Waals surface area contributed by atoms with Crippen LogP contribution in [0.25, 0.3) is 5.76 Å². The van der Waals surface area contributed by atoms with Crippen LogP contribution in [-0.4, -0.2) is 94.6 Å². The summed E-state index contributed by atoms with van der Waals surface area (Å²) in [5.74, 6) is -6.59. The first-order chi connectivity index (χ1) is 20.2. The lowest BCUT2D eigenvalue weighted by Crippen LogP contribution is -2.65. The van der Waals surface area contributed by atoms with Crippen molar-refractivity contribution in [1.29, 1.82) is 0 Å². The highest BCUT2D eigenvalue weighted by Gasteiger charge is 2.64. The molecule has 1 saturated carbocycles. The van der Waals surface area contributed by atoms with Gasteiger partial charge in [0.05, 0.1) is 11.6 Å². The monoisotopic (exact) mass is 590 g/mol. The number of rotatable bonds is 7. The van der Waals surface area contributed by atoms with Crippen LogP contribution in [0.5, 0.6) is 5.75 Å². The van der Waals surface area contributed by atoms with Gasteiger partial charge in [0.25, 0.3) is 5.91 Å². The number of carbonyl (C=O) groups excluding carboxylic acids is 3. The number of hydrogen-bond acceptors (Lipinski definition) is 10. The van der Waals surface area contributed by atoms with E-state index in [0.717, 1.165) is 11.3 Å². The fourth-order valence-corrected chi connectivity index (χ4v) is 7.11. The maximum absolute atomic E-state index is 14.1. The Balaban J connectivity index is 1.64. The molecule has 0 aromatic heterocycles. The van der Waals surface area contributed by atoms with Crippen molar-refractivity contribution in [3.63, 3.8) is 0 Å². The zero-order valence-corrected chi connectivity index (χ0v) is 25.0. The topological polar surface area (TPSA) is 168 Å². The molecule has 43 heavy (non-hydrogen) atoms. The van der Waals surface area contributed by atoms with E-state index in [1.807, 2.05) is 67.3 Å². The standard InChI is InChI=1S/C32H38N4O7/c1-34(2)21-13-18(15-36(5)14-16-9-7-6-8-10-16)26(37)23-19(21)11-17-12-20-25(35(3)4)28(39)24(31(33)42)30(41)32(20,43)29(40)22(17)27(23)38/h6-10,13,17,20,25,37-38,41,43H,11-12,14-15H2,1-5H3,(H2,33,42)/t17-,20-,25-,32-/m0/s1. The van der Waals surface area contributed by atoms with Crippen LogP contribution in [0.2, 0.25) is 0 Å². The number of ketones is 2. The van der Waals surface area contributed by atoms with Crippen molar-refractivity contribution in [1.82, 2.24) is 9.80 Å². The highest BCUT2D eigenvalue weighted by Crippen LogP contribution is 2.54. The molecule has 228 valence electrons. The van der Waals surface area contributed by atoms with Gasteiger partial charge in [-0.05, 0) is 57.1 Å². The van der Waals surface area contributed by atoms with Crippen molar-refractivity contribution in [2.45, 2.75) is 37.6 Å². The lowest BCUT2D eigenvalue weighted by molar-refractivity contribution is -0.153. The van der Waals surface area contributed by atoms with Crippen molar-refractivity contribution >= 4 is 28.9 Å². The van der Waals surface area contributed by atoms with E-state index in [0.29, 0.717) is 24.2 Å². The molecule has 0 aliphatic heterocycles. The van der Waals surface area contributed by atoms with Gasteiger partial charge in [-0.3, -0.25) is 24.2 Å². The number of nitrogens with zero attached hydrogens (tertiary/aromatic N) is 3. The normalized spacial score (nSPS) is 25.2. The van der Waals surface area contributed by atoms with Crippen LogP contribution in [0.3, 0.4) is 0 Å². The Morgan fingerprint density at radius 1 is 1.02 bits per heavy atom. The van der Waals surface area contributed by atoms with Crippen LogP contribution in [0.1, 0.15) is 28.7 Å². The molecule has 2 aromatic carbocycles. The van der Waals surface area contributed by atoms with Crippen LogP contribution < -0.4 is 10.6 Å². The van der Waals surface area contributed by atoms with Crippen molar-refractivity contribution in [3.8, 4) is 5.75 Å². The Bertz CT molecular complexity index is 1580. The van der Waals surface area contributed by atoms with Crippen molar-refractivity contribution in [3.05, 3.63) is 75.6 Å². The van der Waals surface area contributed by atoms with E-state index in [-0.39, 0.29) is 29.7 Å². The maximum atomic E-state index is 14.1. The summed E-state index contributed by atoms with van der Waals surface area (Å²) in [4.78, 5) is 45.0. The lowest BCUT2D eigenvalue weighted by atomic mass is 9.57. The van der Waals surface area contributed by atoms with Gasteiger partial charge in [0.15, 0.2) is 11.4 Å². The Labute approximate surface area is 250 Å². The fourth-order valence-electron chi connectivity index (χ4n) is 7.11. The molecule has 0 spiro atoms. The number of phenols is 1. The Morgan fingerprint density at radius 2 is 1.67 bits per heavy atom. The summed E-state index contributed by atoms with van der Waals surface area (Å²) >= 11 is 0. The van der Waals surface area contributed by atoms with E-state index in [9.17, 15) is 34.8 Å². The van der Waals surface area contributed by atoms with Crippen LogP contribution >= 0.6 is 0 Å². The molecule has 1 amide bonds. The average Bonchev–Trinajstić information content (AvgIpc) is 2.92. The third-order valence-electron chi connectivity index (χ3n) is 8.99. The number of Topliss-reactive ketones (excluding diaryl/α,β-unsaturated/α-hetero) is 2. The lowest BCUT2D eigenvalue weighted by Gasteiger charge is -2.50. The molecule has 0 unspecified atom stereocenters. The number of amides is 1. The highest BCUT2D eigenvalue weighted by molar-refractivity contribution is 6.24. The quantitative estimate of drug-likeness (QED) is 0.299. The number of hydrogen-bond donors (Lipinski definition) is 5. The Kier molecular flexibility index (Phi) is 7.62. The smallest absolute Gasteiger partial charge is 0.255 e. The van der Waals surface area contributed by atoms with E-state index in [4.69, 9.17) is 5.73 Å².